The van der Waals surface area contributed by atoms with Crippen LogP contribution in [0, 0.1) is 5.92 Å². The lowest BCUT2D eigenvalue weighted by atomic mass is 9.93. The molecule has 6 heteroatoms. The highest BCUT2D eigenvalue weighted by atomic mass is 16.2. The number of aromatic nitrogens is 4. The number of carbonyl (C=O) groups is 1. The summed E-state index contributed by atoms with van der Waals surface area (Å²) in [6.07, 6.45) is 10.1. The number of amides is 1. The van der Waals surface area contributed by atoms with Crippen LogP contribution < -0.4 is 0 Å². The van der Waals surface area contributed by atoms with Crippen LogP contribution in [0.1, 0.15) is 28.9 Å². The molecule has 0 bridgehead atoms. The van der Waals surface area contributed by atoms with Crippen molar-refractivity contribution in [2.24, 2.45) is 5.92 Å². The third-order valence-corrected chi connectivity index (χ3v) is 4.76. The fraction of sp³-hybridized carbons (Fsp3) is 0.300. The van der Waals surface area contributed by atoms with E-state index in [2.05, 4.69) is 21.1 Å². The lowest BCUT2D eigenvalue weighted by molar-refractivity contribution is 0.0672. The van der Waals surface area contributed by atoms with Gasteiger partial charge in [0.2, 0.25) is 0 Å². The molecule has 6 nitrogen and oxygen atoms in total. The predicted molar refractivity (Wildman–Crippen MR) is 97.9 cm³/mol. The molecule has 1 saturated heterocycles. The van der Waals surface area contributed by atoms with Crippen molar-refractivity contribution in [1.82, 2.24) is 24.6 Å². The van der Waals surface area contributed by atoms with Gasteiger partial charge >= 0.3 is 0 Å². The SMILES string of the molecule is O=C(c1ccc(-n2cccn2)nc1)N1CCCC(Cc2ccccn2)C1. The Morgan fingerprint density at radius 2 is 2.08 bits per heavy atom. The van der Waals surface area contributed by atoms with Gasteiger partial charge in [0.1, 0.15) is 0 Å². The summed E-state index contributed by atoms with van der Waals surface area (Å²) < 4.78 is 1.68. The average Bonchev–Trinajstić information content (AvgIpc) is 3.23. The van der Waals surface area contributed by atoms with E-state index in [0.717, 1.165) is 38.0 Å². The monoisotopic (exact) mass is 347 g/mol. The molecule has 0 aliphatic carbocycles. The van der Waals surface area contributed by atoms with E-state index in [9.17, 15) is 4.79 Å². The first-order chi connectivity index (χ1) is 12.8. The summed E-state index contributed by atoms with van der Waals surface area (Å²) in [6.45, 7) is 1.58. The van der Waals surface area contributed by atoms with Gasteiger partial charge in [0, 0.05) is 43.6 Å². The number of nitrogens with zero attached hydrogens (tertiary/aromatic N) is 5. The molecule has 0 spiro atoms. The number of piperidine rings is 1. The van der Waals surface area contributed by atoms with Crippen molar-refractivity contribution in [2.45, 2.75) is 19.3 Å². The van der Waals surface area contributed by atoms with E-state index in [0.29, 0.717) is 17.3 Å². The van der Waals surface area contributed by atoms with Gasteiger partial charge in [-0.3, -0.25) is 9.78 Å². The van der Waals surface area contributed by atoms with Crippen LogP contribution in [0.15, 0.2) is 61.2 Å². The van der Waals surface area contributed by atoms with E-state index >= 15 is 0 Å². The molecule has 1 aliphatic rings. The Hall–Kier alpha value is -3.02. The second-order valence-electron chi connectivity index (χ2n) is 6.64. The minimum atomic E-state index is 0.0511. The van der Waals surface area contributed by atoms with Gasteiger partial charge in [-0.05, 0) is 55.5 Å². The molecule has 1 atom stereocenters. The summed E-state index contributed by atoms with van der Waals surface area (Å²) in [6, 6.07) is 11.5. The molecule has 4 heterocycles. The highest BCUT2D eigenvalue weighted by Crippen LogP contribution is 2.21. The second-order valence-corrected chi connectivity index (χ2v) is 6.64. The maximum Gasteiger partial charge on any atom is 0.255 e. The Morgan fingerprint density at radius 3 is 2.81 bits per heavy atom. The standard InChI is InChI=1S/C20H21N5O/c26-20(17-7-8-19(22-14-17)25-12-4-10-23-25)24-11-3-5-16(15-24)13-18-6-1-2-9-21-18/h1-2,4,6-10,12,14,16H,3,5,11,13,15H2. The normalized spacial score (nSPS) is 17.2. The summed E-state index contributed by atoms with van der Waals surface area (Å²) >= 11 is 0. The van der Waals surface area contributed by atoms with Gasteiger partial charge in [0.15, 0.2) is 5.82 Å². The molecule has 0 aromatic carbocycles. The van der Waals surface area contributed by atoms with Crippen LogP contribution in [0.25, 0.3) is 5.82 Å². The van der Waals surface area contributed by atoms with E-state index in [1.165, 1.54) is 0 Å². The van der Waals surface area contributed by atoms with Crippen molar-refractivity contribution in [3.8, 4) is 5.82 Å². The molecule has 0 saturated carbocycles. The van der Waals surface area contributed by atoms with Gasteiger partial charge in [-0.2, -0.15) is 5.10 Å². The van der Waals surface area contributed by atoms with Gasteiger partial charge in [0.25, 0.3) is 5.91 Å². The fourth-order valence-corrected chi connectivity index (χ4v) is 3.47. The molecule has 4 rings (SSSR count). The third kappa shape index (κ3) is 3.64. The molecule has 3 aromatic heterocycles. The number of hydrogen-bond donors (Lipinski definition) is 0. The van der Waals surface area contributed by atoms with E-state index < -0.39 is 0 Å². The highest BCUT2D eigenvalue weighted by molar-refractivity contribution is 5.94. The minimum Gasteiger partial charge on any atom is -0.338 e. The highest BCUT2D eigenvalue weighted by Gasteiger charge is 2.25. The molecule has 1 fully saturated rings. The second kappa shape index (κ2) is 7.47. The number of pyridine rings is 2. The Labute approximate surface area is 152 Å². The summed E-state index contributed by atoms with van der Waals surface area (Å²) in [5.41, 5.74) is 1.72. The maximum absolute atomic E-state index is 12.8. The molecule has 1 amide bonds. The van der Waals surface area contributed by atoms with Crippen LogP contribution in [-0.4, -0.2) is 43.6 Å². The van der Waals surface area contributed by atoms with Crippen molar-refractivity contribution < 1.29 is 4.79 Å². The lowest BCUT2D eigenvalue weighted by Crippen LogP contribution is -2.40. The Balaban J connectivity index is 1.42. The van der Waals surface area contributed by atoms with Crippen LogP contribution in [0.2, 0.25) is 0 Å². The van der Waals surface area contributed by atoms with Crippen LogP contribution in [0.4, 0.5) is 0 Å². The number of carbonyl (C=O) groups excluding carboxylic acids is 1. The van der Waals surface area contributed by atoms with Crippen molar-refractivity contribution in [2.75, 3.05) is 13.1 Å². The minimum absolute atomic E-state index is 0.0511. The number of rotatable bonds is 4. The zero-order valence-electron chi connectivity index (χ0n) is 14.5. The summed E-state index contributed by atoms with van der Waals surface area (Å²) in [5.74, 6) is 1.22. The van der Waals surface area contributed by atoms with E-state index in [4.69, 9.17) is 0 Å². The van der Waals surface area contributed by atoms with Gasteiger partial charge < -0.3 is 4.90 Å². The predicted octanol–water partition coefficient (Wildman–Crippen LogP) is 2.76. The van der Waals surface area contributed by atoms with E-state index in [1.807, 2.05) is 47.6 Å². The van der Waals surface area contributed by atoms with Crippen LogP contribution in [-0.2, 0) is 6.42 Å². The average molecular weight is 347 g/mol. The van der Waals surface area contributed by atoms with Gasteiger partial charge in [-0.1, -0.05) is 6.07 Å². The molecular weight excluding hydrogens is 326 g/mol. The van der Waals surface area contributed by atoms with Crippen molar-refractivity contribution in [3.05, 3.63) is 72.4 Å². The van der Waals surface area contributed by atoms with Crippen molar-refractivity contribution in [3.63, 3.8) is 0 Å². The molecule has 1 unspecified atom stereocenters. The lowest BCUT2D eigenvalue weighted by Gasteiger charge is -2.32. The topological polar surface area (TPSA) is 63.9 Å². The molecule has 132 valence electrons. The van der Waals surface area contributed by atoms with E-state index in [1.54, 1.807) is 17.1 Å². The first kappa shape index (κ1) is 16.4. The summed E-state index contributed by atoms with van der Waals surface area (Å²) in [4.78, 5) is 23.6. The van der Waals surface area contributed by atoms with Crippen molar-refractivity contribution >= 4 is 5.91 Å². The molecule has 1 aliphatic heterocycles. The number of hydrogen-bond acceptors (Lipinski definition) is 4. The zero-order valence-corrected chi connectivity index (χ0v) is 14.5. The van der Waals surface area contributed by atoms with Gasteiger partial charge in [0.05, 0.1) is 5.56 Å². The van der Waals surface area contributed by atoms with Crippen LogP contribution >= 0.6 is 0 Å². The maximum atomic E-state index is 12.8. The smallest absolute Gasteiger partial charge is 0.255 e. The molecule has 26 heavy (non-hydrogen) atoms. The molecule has 3 aromatic rings. The van der Waals surface area contributed by atoms with E-state index in [-0.39, 0.29) is 5.91 Å². The van der Waals surface area contributed by atoms with Crippen LogP contribution in [0.5, 0.6) is 0 Å². The molecular formula is C20H21N5O. The fourth-order valence-electron chi connectivity index (χ4n) is 3.47. The quantitative estimate of drug-likeness (QED) is 0.728. The Morgan fingerprint density at radius 1 is 1.12 bits per heavy atom. The van der Waals surface area contributed by atoms with Gasteiger partial charge in [-0.25, -0.2) is 9.67 Å². The van der Waals surface area contributed by atoms with Crippen LogP contribution in [0.3, 0.4) is 0 Å². The molecule has 0 radical (unpaired) electrons. The Kier molecular flexibility index (Phi) is 4.73. The summed E-state index contributed by atoms with van der Waals surface area (Å²) in [5, 5.41) is 4.15. The third-order valence-electron chi connectivity index (χ3n) is 4.76. The van der Waals surface area contributed by atoms with Crippen molar-refractivity contribution in [1.29, 1.82) is 0 Å². The first-order valence-corrected chi connectivity index (χ1v) is 8.95. The Bertz CT molecular complexity index is 846. The first-order valence-electron chi connectivity index (χ1n) is 8.95. The largest absolute Gasteiger partial charge is 0.338 e. The summed E-state index contributed by atoms with van der Waals surface area (Å²) in [7, 11) is 0. The van der Waals surface area contributed by atoms with Gasteiger partial charge in [-0.15, -0.1) is 0 Å². The zero-order chi connectivity index (χ0) is 17.8. The number of likely N-dealkylation sites (tertiary alicyclic amines) is 1. The molecule has 0 N–H and O–H groups in total.